The van der Waals surface area contributed by atoms with Crippen molar-refractivity contribution in [1.29, 1.82) is 0 Å². The lowest BCUT2D eigenvalue weighted by Crippen LogP contribution is -2.09. The van der Waals surface area contributed by atoms with Crippen LogP contribution in [-0.2, 0) is 0 Å². The third kappa shape index (κ3) is 2.60. The first kappa shape index (κ1) is 13.2. The molecule has 0 bridgehead atoms. The number of hydrogen-bond acceptors (Lipinski definition) is 3. The van der Waals surface area contributed by atoms with E-state index in [1.54, 1.807) is 0 Å². The van der Waals surface area contributed by atoms with Crippen LogP contribution >= 0.6 is 15.9 Å². The summed E-state index contributed by atoms with van der Waals surface area (Å²) in [6, 6.07) is 6.10. The standard InChI is InChI=1S/C14H16BrN3/c1-8-4-5-11(13(15)6-8)14-17-7-12(9(2)16)10(3)18-14/h4-7,9H,16H2,1-3H3/t9-/m1/s1. The molecule has 18 heavy (non-hydrogen) atoms. The molecule has 0 saturated carbocycles. The van der Waals surface area contributed by atoms with Crippen LogP contribution in [0.15, 0.2) is 28.9 Å². The van der Waals surface area contributed by atoms with E-state index in [0.29, 0.717) is 0 Å². The Kier molecular flexibility index (Phi) is 3.78. The van der Waals surface area contributed by atoms with Gasteiger partial charge in [-0.3, -0.25) is 0 Å². The second-order valence-electron chi connectivity index (χ2n) is 4.51. The zero-order valence-electron chi connectivity index (χ0n) is 10.7. The monoisotopic (exact) mass is 305 g/mol. The lowest BCUT2D eigenvalue weighted by atomic mass is 10.1. The molecule has 2 rings (SSSR count). The van der Waals surface area contributed by atoms with Gasteiger partial charge in [0.05, 0.1) is 0 Å². The fraction of sp³-hybridized carbons (Fsp3) is 0.286. The molecule has 0 radical (unpaired) electrons. The molecule has 3 nitrogen and oxygen atoms in total. The summed E-state index contributed by atoms with van der Waals surface area (Å²) in [4.78, 5) is 8.93. The Bertz CT molecular complexity index is 579. The topological polar surface area (TPSA) is 51.8 Å². The second kappa shape index (κ2) is 5.16. The Morgan fingerprint density at radius 3 is 2.56 bits per heavy atom. The number of benzene rings is 1. The van der Waals surface area contributed by atoms with E-state index < -0.39 is 0 Å². The molecule has 1 heterocycles. The van der Waals surface area contributed by atoms with E-state index >= 15 is 0 Å². The summed E-state index contributed by atoms with van der Waals surface area (Å²) in [6.07, 6.45) is 1.81. The Hall–Kier alpha value is -1.26. The minimum atomic E-state index is -0.0412. The van der Waals surface area contributed by atoms with Gasteiger partial charge in [-0.2, -0.15) is 0 Å². The van der Waals surface area contributed by atoms with Crippen LogP contribution in [0.25, 0.3) is 11.4 Å². The smallest absolute Gasteiger partial charge is 0.160 e. The average Bonchev–Trinajstić information content (AvgIpc) is 2.28. The lowest BCUT2D eigenvalue weighted by Gasteiger charge is -2.10. The quantitative estimate of drug-likeness (QED) is 0.923. The van der Waals surface area contributed by atoms with Gasteiger partial charge in [-0.05, 0) is 38.5 Å². The molecule has 0 unspecified atom stereocenters. The van der Waals surface area contributed by atoms with Crippen LogP contribution in [0.1, 0.15) is 29.8 Å². The largest absolute Gasteiger partial charge is 0.324 e. The van der Waals surface area contributed by atoms with Crippen LogP contribution in [0.4, 0.5) is 0 Å². The predicted octanol–water partition coefficient (Wildman–Crippen LogP) is 3.54. The maximum Gasteiger partial charge on any atom is 0.160 e. The van der Waals surface area contributed by atoms with Gasteiger partial charge in [0.1, 0.15) is 0 Å². The first-order chi connectivity index (χ1) is 8.49. The molecule has 1 aromatic carbocycles. The average molecular weight is 306 g/mol. The van der Waals surface area contributed by atoms with Crippen LogP contribution in [0.3, 0.4) is 0 Å². The van der Waals surface area contributed by atoms with Crippen LogP contribution in [0, 0.1) is 13.8 Å². The number of halogens is 1. The normalized spacial score (nSPS) is 12.5. The number of hydrogen-bond donors (Lipinski definition) is 1. The third-order valence-corrected chi connectivity index (χ3v) is 3.53. The van der Waals surface area contributed by atoms with Gasteiger partial charge in [-0.25, -0.2) is 9.97 Å². The number of rotatable bonds is 2. The summed E-state index contributed by atoms with van der Waals surface area (Å²) < 4.78 is 1.01. The molecule has 0 aliphatic carbocycles. The highest BCUT2D eigenvalue weighted by Crippen LogP contribution is 2.27. The highest BCUT2D eigenvalue weighted by atomic mass is 79.9. The Balaban J connectivity index is 2.49. The Morgan fingerprint density at radius 1 is 1.28 bits per heavy atom. The number of aryl methyl sites for hydroxylation is 2. The summed E-state index contributed by atoms with van der Waals surface area (Å²) in [5.74, 6) is 0.726. The fourth-order valence-electron chi connectivity index (χ4n) is 1.85. The Morgan fingerprint density at radius 2 is 2.00 bits per heavy atom. The van der Waals surface area contributed by atoms with Crippen molar-refractivity contribution >= 4 is 15.9 Å². The SMILES string of the molecule is Cc1ccc(-c2ncc([C@@H](C)N)c(C)n2)c(Br)c1. The van der Waals surface area contributed by atoms with Crippen molar-refractivity contribution < 1.29 is 0 Å². The van der Waals surface area contributed by atoms with E-state index in [2.05, 4.69) is 45.0 Å². The van der Waals surface area contributed by atoms with Crippen LogP contribution in [0.5, 0.6) is 0 Å². The van der Waals surface area contributed by atoms with Crippen molar-refractivity contribution in [3.63, 3.8) is 0 Å². The molecule has 0 saturated heterocycles. The summed E-state index contributed by atoms with van der Waals surface area (Å²) in [5.41, 5.74) is 9.99. The van der Waals surface area contributed by atoms with Crippen molar-refractivity contribution in [2.24, 2.45) is 5.73 Å². The zero-order valence-corrected chi connectivity index (χ0v) is 12.3. The van der Waals surface area contributed by atoms with Gasteiger partial charge >= 0.3 is 0 Å². The summed E-state index contributed by atoms with van der Waals surface area (Å²) in [6.45, 7) is 5.96. The fourth-order valence-corrected chi connectivity index (χ4v) is 2.53. The molecule has 4 heteroatoms. The van der Waals surface area contributed by atoms with Crippen LogP contribution in [0.2, 0.25) is 0 Å². The van der Waals surface area contributed by atoms with Gasteiger partial charge in [-0.1, -0.05) is 22.0 Å². The molecule has 0 aliphatic heterocycles. The van der Waals surface area contributed by atoms with Crippen LogP contribution < -0.4 is 5.73 Å². The molecule has 0 fully saturated rings. The molecule has 0 aliphatic rings. The minimum absolute atomic E-state index is 0.0412. The second-order valence-corrected chi connectivity index (χ2v) is 5.36. The number of nitrogens with two attached hydrogens (primary N) is 1. The molecule has 2 aromatic rings. The van der Waals surface area contributed by atoms with Crippen LogP contribution in [-0.4, -0.2) is 9.97 Å². The first-order valence-corrected chi connectivity index (χ1v) is 6.64. The molecule has 1 aromatic heterocycles. The molecule has 94 valence electrons. The van der Waals surface area contributed by atoms with Crippen molar-refractivity contribution in [2.45, 2.75) is 26.8 Å². The minimum Gasteiger partial charge on any atom is -0.324 e. The lowest BCUT2D eigenvalue weighted by molar-refractivity contribution is 0.790. The number of nitrogens with zero attached hydrogens (tertiary/aromatic N) is 2. The molecule has 0 spiro atoms. The first-order valence-electron chi connectivity index (χ1n) is 5.84. The van der Waals surface area contributed by atoms with E-state index in [9.17, 15) is 0 Å². The van der Waals surface area contributed by atoms with Gasteiger partial charge in [0.2, 0.25) is 0 Å². The van der Waals surface area contributed by atoms with Gasteiger partial charge in [0.15, 0.2) is 5.82 Å². The maximum atomic E-state index is 5.86. The highest BCUT2D eigenvalue weighted by molar-refractivity contribution is 9.10. The summed E-state index contributed by atoms with van der Waals surface area (Å²) >= 11 is 3.55. The predicted molar refractivity (Wildman–Crippen MR) is 77.2 cm³/mol. The molecule has 1 atom stereocenters. The van der Waals surface area contributed by atoms with E-state index in [1.807, 2.05) is 26.1 Å². The Labute approximate surface area is 116 Å². The van der Waals surface area contributed by atoms with Gasteiger partial charge < -0.3 is 5.73 Å². The van der Waals surface area contributed by atoms with E-state index in [4.69, 9.17) is 5.73 Å². The van der Waals surface area contributed by atoms with Crippen molar-refractivity contribution in [2.75, 3.05) is 0 Å². The zero-order chi connectivity index (χ0) is 13.3. The molecular formula is C14H16BrN3. The number of aromatic nitrogens is 2. The van der Waals surface area contributed by atoms with Gasteiger partial charge in [0, 0.05) is 33.5 Å². The van der Waals surface area contributed by atoms with Crippen molar-refractivity contribution in [1.82, 2.24) is 9.97 Å². The van der Waals surface area contributed by atoms with Gasteiger partial charge in [-0.15, -0.1) is 0 Å². The van der Waals surface area contributed by atoms with E-state index in [1.165, 1.54) is 5.56 Å². The molecule has 2 N–H and O–H groups in total. The summed E-state index contributed by atoms with van der Waals surface area (Å²) in [7, 11) is 0. The van der Waals surface area contributed by atoms with E-state index in [0.717, 1.165) is 27.1 Å². The highest BCUT2D eigenvalue weighted by Gasteiger charge is 2.10. The van der Waals surface area contributed by atoms with E-state index in [-0.39, 0.29) is 6.04 Å². The maximum absolute atomic E-state index is 5.86. The molecule has 0 amide bonds. The third-order valence-electron chi connectivity index (χ3n) is 2.87. The van der Waals surface area contributed by atoms with Crippen molar-refractivity contribution in [3.05, 3.63) is 45.7 Å². The molecular weight excluding hydrogens is 290 g/mol. The van der Waals surface area contributed by atoms with Gasteiger partial charge in [0.25, 0.3) is 0 Å². The van der Waals surface area contributed by atoms with Crippen molar-refractivity contribution in [3.8, 4) is 11.4 Å². The summed E-state index contributed by atoms with van der Waals surface area (Å²) in [5, 5.41) is 0.